The maximum absolute atomic E-state index is 5.14. The van der Waals surface area contributed by atoms with Gasteiger partial charge in [-0.2, -0.15) is 0 Å². The number of thioether (sulfide) groups is 1. The molecule has 0 saturated carbocycles. The van der Waals surface area contributed by atoms with Crippen molar-refractivity contribution in [2.24, 2.45) is 0 Å². The molecular formula is C11H12S. The van der Waals surface area contributed by atoms with E-state index in [9.17, 15) is 0 Å². The molecule has 0 bridgehead atoms. The van der Waals surface area contributed by atoms with Crippen LogP contribution in [0.25, 0.3) is 0 Å². The van der Waals surface area contributed by atoms with E-state index in [2.05, 4.69) is 30.2 Å². The van der Waals surface area contributed by atoms with Gasteiger partial charge in [-0.25, -0.2) is 0 Å². The molecule has 1 rings (SSSR count). The maximum Gasteiger partial charge on any atom is 0.0544 e. The van der Waals surface area contributed by atoms with Crippen LogP contribution in [0.5, 0.6) is 0 Å². The molecule has 0 aliphatic heterocycles. The smallest absolute Gasteiger partial charge is 0.0544 e. The highest BCUT2D eigenvalue weighted by molar-refractivity contribution is 7.99. The van der Waals surface area contributed by atoms with Gasteiger partial charge in [0.25, 0.3) is 0 Å². The summed E-state index contributed by atoms with van der Waals surface area (Å²) in [6, 6.07) is 10.5. The van der Waals surface area contributed by atoms with Crippen molar-refractivity contribution in [3.63, 3.8) is 0 Å². The summed E-state index contributed by atoms with van der Waals surface area (Å²) in [4.78, 5) is 0. The number of aryl methyl sites for hydroxylation is 1. The Kier molecular flexibility index (Phi) is 4.41. The minimum Gasteiger partial charge on any atom is -0.149 e. The molecule has 0 aliphatic rings. The summed E-state index contributed by atoms with van der Waals surface area (Å²) in [6.07, 6.45) is 6.26. The molecule has 0 nitrogen and oxygen atoms in total. The zero-order valence-electron chi connectivity index (χ0n) is 6.99. The lowest BCUT2D eigenvalue weighted by molar-refractivity contribution is 1.16. The lowest BCUT2D eigenvalue weighted by atomic mass is 10.2. The summed E-state index contributed by atoms with van der Waals surface area (Å²) in [5.41, 5.74) is 1.39. The van der Waals surface area contributed by atoms with Gasteiger partial charge in [0.05, 0.1) is 5.75 Å². The quantitative estimate of drug-likeness (QED) is 0.502. The van der Waals surface area contributed by atoms with E-state index in [1.54, 1.807) is 0 Å². The van der Waals surface area contributed by atoms with Crippen molar-refractivity contribution in [2.75, 3.05) is 11.5 Å². The van der Waals surface area contributed by atoms with Gasteiger partial charge in [0.2, 0.25) is 0 Å². The molecule has 0 radical (unpaired) electrons. The van der Waals surface area contributed by atoms with Crippen LogP contribution in [0.15, 0.2) is 30.3 Å². The van der Waals surface area contributed by atoms with Crippen LogP contribution < -0.4 is 0 Å². The highest BCUT2D eigenvalue weighted by Crippen LogP contribution is 2.05. The SMILES string of the molecule is C#CCSCCc1ccccc1. The van der Waals surface area contributed by atoms with Crippen molar-refractivity contribution in [3.8, 4) is 12.3 Å². The van der Waals surface area contributed by atoms with E-state index in [4.69, 9.17) is 6.42 Å². The topological polar surface area (TPSA) is 0 Å². The van der Waals surface area contributed by atoms with Crippen molar-refractivity contribution < 1.29 is 0 Å². The molecule has 1 aromatic rings. The Morgan fingerprint density at radius 2 is 2.00 bits per heavy atom. The molecule has 0 amide bonds. The monoisotopic (exact) mass is 176 g/mol. The predicted octanol–water partition coefficient (Wildman–Crippen LogP) is 2.60. The molecule has 0 heterocycles. The van der Waals surface area contributed by atoms with Crippen molar-refractivity contribution in [3.05, 3.63) is 35.9 Å². The number of benzene rings is 1. The third-order valence-electron chi connectivity index (χ3n) is 1.56. The van der Waals surface area contributed by atoms with Crippen LogP contribution in [0.3, 0.4) is 0 Å². The molecule has 1 heteroatoms. The van der Waals surface area contributed by atoms with Crippen molar-refractivity contribution in [1.29, 1.82) is 0 Å². The Morgan fingerprint density at radius 3 is 2.67 bits per heavy atom. The summed E-state index contributed by atoms with van der Waals surface area (Å²) in [6.45, 7) is 0. The van der Waals surface area contributed by atoms with Crippen LogP contribution in [-0.4, -0.2) is 11.5 Å². The first-order chi connectivity index (χ1) is 5.93. The Morgan fingerprint density at radius 1 is 1.25 bits per heavy atom. The van der Waals surface area contributed by atoms with E-state index < -0.39 is 0 Å². The van der Waals surface area contributed by atoms with Crippen molar-refractivity contribution in [1.82, 2.24) is 0 Å². The van der Waals surface area contributed by atoms with E-state index in [0.29, 0.717) is 0 Å². The van der Waals surface area contributed by atoms with E-state index in [0.717, 1.165) is 17.9 Å². The lowest BCUT2D eigenvalue weighted by Gasteiger charge is -1.98. The fourth-order valence-electron chi connectivity index (χ4n) is 0.966. The third kappa shape index (κ3) is 3.50. The van der Waals surface area contributed by atoms with Gasteiger partial charge in [-0.3, -0.25) is 0 Å². The van der Waals surface area contributed by atoms with Gasteiger partial charge in [0, 0.05) is 0 Å². The van der Waals surface area contributed by atoms with Gasteiger partial charge in [-0.1, -0.05) is 36.3 Å². The largest absolute Gasteiger partial charge is 0.149 e. The molecule has 0 fully saturated rings. The van der Waals surface area contributed by atoms with Crippen molar-refractivity contribution >= 4 is 11.8 Å². The second-order valence-electron chi connectivity index (χ2n) is 2.49. The number of terminal acetylenes is 1. The van der Waals surface area contributed by atoms with Crippen LogP contribution >= 0.6 is 11.8 Å². The molecule has 12 heavy (non-hydrogen) atoms. The highest BCUT2D eigenvalue weighted by Gasteiger charge is 1.90. The minimum atomic E-state index is 0.826. The Balaban J connectivity index is 2.21. The second kappa shape index (κ2) is 5.74. The first kappa shape index (κ1) is 9.22. The van der Waals surface area contributed by atoms with E-state index >= 15 is 0 Å². The van der Waals surface area contributed by atoms with Gasteiger partial charge < -0.3 is 0 Å². The first-order valence-electron chi connectivity index (χ1n) is 3.98. The van der Waals surface area contributed by atoms with Crippen LogP contribution in [-0.2, 0) is 6.42 Å². The van der Waals surface area contributed by atoms with Crippen LogP contribution in [0, 0.1) is 12.3 Å². The maximum atomic E-state index is 5.14. The molecule has 0 atom stereocenters. The summed E-state index contributed by atoms with van der Waals surface area (Å²) in [5, 5.41) is 0. The summed E-state index contributed by atoms with van der Waals surface area (Å²) < 4.78 is 0. The van der Waals surface area contributed by atoms with E-state index in [1.807, 2.05) is 17.8 Å². The van der Waals surface area contributed by atoms with Gasteiger partial charge in [0.15, 0.2) is 0 Å². The van der Waals surface area contributed by atoms with Crippen LogP contribution in [0.1, 0.15) is 5.56 Å². The number of hydrogen-bond donors (Lipinski definition) is 0. The van der Waals surface area contributed by atoms with Crippen LogP contribution in [0.4, 0.5) is 0 Å². The zero-order valence-corrected chi connectivity index (χ0v) is 7.81. The Hall–Kier alpha value is -0.870. The standard InChI is InChI=1S/C11H12S/c1-2-9-12-10-8-11-6-4-3-5-7-11/h1,3-7H,8-10H2. The van der Waals surface area contributed by atoms with Gasteiger partial charge in [-0.05, 0) is 17.7 Å². The molecule has 0 aromatic heterocycles. The predicted molar refractivity (Wildman–Crippen MR) is 56.3 cm³/mol. The van der Waals surface area contributed by atoms with Gasteiger partial charge >= 0.3 is 0 Å². The minimum absolute atomic E-state index is 0.826. The van der Waals surface area contributed by atoms with Gasteiger partial charge in [0.1, 0.15) is 0 Å². The average molecular weight is 176 g/mol. The van der Waals surface area contributed by atoms with E-state index in [-0.39, 0.29) is 0 Å². The van der Waals surface area contributed by atoms with Gasteiger partial charge in [-0.15, -0.1) is 18.2 Å². The third-order valence-corrected chi connectivity index (χ3v) is 2.43. The second-order valence-corrected chi connectivity index (χ2v) is 3.60. The Labute approximate surface area is 78.4 Å². The zero-order chi connectivity index (χ0) is 8.65. The molecule has 0 N–H and O–H groups in total. The number of hydrogen-bond acceptors (Lipinski definition) is 1. The normalized spacial score (nSPS) is 9.25. The molecule has 0 saturated heterocycles. The summed E-state index contributed by atoms with van der Waals surface area (Å²) >= 11 is 1.81. The molecule has 0 spiro atoms. The summed E-state index contributed by atoms with van der Waals surface area (Å²) in [5.74, 6) is 4.56. The molecule has 62 valence electrons. The molecule has 0 unspecified atom stereocenters. The highest BCUT2D eigenvalue weighted by atomic mass is 32.2. The Bertz CT molecular complexity index is 245. The van der Waals surface area contributed by atoms with E-state index in [1.165, 1.54) is 5.56 Å². The molecule has 1 aromatic carbocycles. The number of rotatable bonds is 4. The fourth-order valence-corrected chi connectivity index (χ4v) is 1.61. The fraction of sp³-hybridized carbons (Fsp3) is 0.273. The van der Waals surface area contributed by atoms with Crippen LogP contribution in [0.2, 0.25) is 0 Å². The summed E-state index contributed by atoms with van der Waals surface area (Å²) in [7, 11) is 0. The molecule has 0 aliphatic carbocycles. The molecular weight excluding hydrogens is 164 g/mol. The van der Waals surface area contributed by atoms with Crippen molar-refractivity contribution in [2.45, 2.75) is 6.42 Å². The lowest BCUT2D eigenvalue weighted by Crippen LogP contribution is -1.87. The first-order valence-corrected chi connectivity index (χ1v) is 5.14. The average Bonchev–Trinajstić information content (AvgIpc) is 2.14.